The fourth-order valence-electron chi connectivity index (χ4n) is 3.02. The molecule has 2 rings (SSSR count). The standard InChI is InChI=1S/C19H27NO5/c1-12-8-15(9-13(2)16(12)17(21)22)24-11-14-6-7-20(10-14)18(23)25-19(3,4)5/h8-9,14H,6-7,10-11H2,1-5H3,(H,21,22). The zero-order valence-electron chi connectivity index (χ0n) is 15.6. The molecule has 1 aliphatic rings. The Kier molecular flexibility index (Phi) is 5.60. The molecule has 1 aromatic carbocycles. The van der Waals surface area contributed by atoms with Crippen LogP contribution in [-0.2, 0) is 4.74 Å². The van der Waals surface area contributed by atoms with Crippen LogP contribution in [0.2, 0.25) is 0 Å². The van der Waals surface area contributed by atoms with Crippen LogP contribution in [0.15, 0.2) is 12.1 Å². The first-order chi connectivity index (χ1) is 11.6. The van der Waals surface area contributed by atoms with E-state index in [-0.39, 0.29) is 12.0 Å². The molecule has 1 fully saturated rings. The predicted molar refractivity (Wildman–Crippen MR) is 94.3 cm³/mol. The Balaban J connectivity index is 1.91. The van der Waals surface area contributed by atoms with E-state index in [1.54, 1.807) is 30.9 Å². The van der Waals surface area contributed by atoms with E-state index >= 15 is 0 Å². The second kappa shape index (κ2) is 7.33. The largest absolute Gasteiger partial charge is 0.493 e. The summed E-state index contributed by atoms with van der Waals surface area (Å²) in [5.74, 6) is -0.0201. The molecule has 0 aromatic heterocycles. The number of aryl methyl sites for hydroxylation is 2. The lowest BCUT2D eigenvalue weighted by Gasteiger charge is -2.24. The summed E-state index contributed by atoms with van der Waals surface area (Å²) in [5, 5.41) is 9.21. The van der Waals surface area contributed by atoms with Gasteiger partial charge in [-0.15, -0.1) is 0 Å². The molecular formula is C19H27NO5. The Morgan fingerprint density at radius 1 is 1.24 bits per heavy atom. The van der Waals surface area contributed by atoms with Crippen molar-refractivity contribution in [2.24, 2.45) is 5.92 Å². The molecule has 25 heavy (non-hydrogen) atoms. The first kappa shape index (κ1) is 19.1. The Labute approximate surface area is 148 Å². The number of carbonyl (C=O) groups excluding carboxylic acids is 1. The number of likely N-dealkylation sites (tertiary alicyclic amines) is 1. The molecule has 1 saturated heterocycles. The van der Waals surface area contributed by atoms with E-state index in [9.17, 15) is 14.7 Å². The van der Waals surface area contributed by atoms with Gasteiger partial charge in [-0.05, 0) is 64.3 Å². The number of carbonyl (C=O) groups is 2. The van der Waals surface area contributed by atoms with Crippen molar-refractivity contribution in [1.82, 2.24) is 4.90 Å². The van der Waals surface area contributed by atoms with Gasteiger partial charge in [-0.2, -0.15) is 0 Å². The van der Waals surface area contributed by atoms with Crippen LogP contribution >= 0.6 is 0 Å². The van der Waals surface area contributed by atoms with Crippen molar-refractivity contribution in [1.29, 1.82) is 0 Å². The molecule has 1 amide bonds. The maximum Gasteiger partial charge on any atom is 0.410 e. The molecule has 0 bridgehead atoms. The van der Waals surface area contributed by atoms with Gasteiger partial charge in [0, 0.05) is 19.0 Å². The lowest BCUT2D eigenvalue weighted by Crippen LogP contribution is -2.35. The fourth-order valence-corrected chi connectivity index (χ4v) is 3.02. The van der Waals surface area contributed by atoms with Crippen LogP contribution in [-0.4, -0.2) is 47.4 Å². The summed E-state index contributed by atoms with van der Waals surface area (Å²) in [7, 11) is 0. The third kappa shape index (κ3) is 5.11. The van der Waals surface area contributed by atoms with E-state index in [1.165, 1.54) is 0 Å². The summed E-state index contributed by atoms with van der Waals surface area (Å²) in [6.07, 6.45) is 0.581. The summed E-state index contributed by atoms with van der Waals surface area (Å²) in [5.41, 5.74) is 1.20. The Morgan fingerprint density at radius 2 is 1.84 bits per heavy atom. The van der Waals surface area contributed by atoms with E-state index in [4.69, 9.17) is 9.47 Å². The number of hydrogen-bond acceptors (Lipinski definition) is 4. The van der Waals surface area contributed by atoms with E-state index in [2.05, 4.69) is 0 Å². The number of aromatic carboxylic acids is 1. The highest BCUT2D eigenvalue weighted by Gasteiger charge is 2.30. The topological polar surface area (TPSA) is 76.1 Å². The highest BCUT2D eigenvalue weighted by molar-refractivity contribution is 5.91. The van der Waals surface area contributed by atoms with Crippen molar-refractivity contribution in [3.8, 4) is 5.75 Å². The van der Waals surface area contributed by atoms with E-state index < -0.39 is 11.6 Å². The van der Waals surface area contributed by atoms with Gasteiger partial charge in [-0.1, -0.05) is 0 Å². The maximum atomic E-state index is 12.1. The quantitative estimate of drug-likeness (QED) is 0.898. The molecule has 0 radical (unpaired) electrons. The van der Waals surface area contributed by atoms with E-state index in [0.717, 1.165) is 6.42 Å². The molecule has 1 heterocycles. The number of carboxylic acid groups (broad SMARTS) is 1. The zero-order chi connectivity index (χ0) is 18.8. The van der Waals surface area contributed by atoms with Crippen molar-refractivity contribution in [2.45, 2.75) is 46.6 Å². The lowest BCUT2D eigenvalue weighted by molar-refractivity contribution is 0.0284. The average Bonchev–Trinajstić information content (AvgIpc) is 2.91. The highest BCUT2D eigenvalue weighted by atomic mass is 16.6. The van der Waals surface area contributed by atoms with Crippen LogP contribution in [0.1, 0.15) is 48.7 Å². The normalized spacial score (nSPS) is 17.5. The molecule has 1 N–H and O–H groups in total. The number of carboxylic acids is 1. The number of amides is 1. The molecule has 0 aliphatic carbocycles. The van der Waals surface area contributed by atoms with Crippen LogP contribution in [0.25, 0.3) is 0 Å². The van der Waals surface area contributed by atoms with Crippen LogP contribution in [0.3, 0.4) is 0 Å². The molecule has 0 spiro atoms. The van der Waals surface area contributed by atoms with Gasteiger partial charge in [0.2, 0.25) is 0 Å². The summed E-state index contributed by atoms with van der Waals surface area (Å²) in [6, 6.07) is 3.49. The van der Waals surface area contributed by atoms with Crippen molar-refractivity contribution >= 4 is 12.1 Å². The SMILES string of the molecule is Cc1cc(OCC2CCN(C(=O)OC(C)(C)C)C2)cc(C)c1C(=O)O. The third-order valence-electron chi connectivity index (χ3n) is 4.14. The number of benzene rings is 1. The number of ether oxygens (including phenoxy) is 2. The smallest absolute Gasteiger partial charge is 0.410 e. The number of nitrogens with zero attached hydrogens (tertiary/aromatic N) is 1. The summed E-state index contributed by atoms with van der Waals surface area (Å²) < 4.78 is 11.2. The van der Waals surface area contributed by atoms with Crippen molar-refractivity contribution in [2.75, 3.05) is 19.7 Å². The predicted octanol–water partition coefficient (Wildman–Crippen LogP) is 3.64. The molecule has 1 aromatic rings. The van der Waals surface area contributed by atoms with Gasteiger partial charge in [-0.3, -0.25) is 0 Å². The Hall–Kier alpha value is -2.24. The van der Waals surface area contributed by atoms with Crippen LogP contribution in [0, 0.1) is 19.8 Å². The second-order valence-corrected chi connectivity index (χ2v) is 7.63. The van der Waals surface area contributed by atoms with E-state index in [1.807, 2.05) is 20.8 Å². The zero-order valence-corrected chi connectivity index (χ0v) is 15.6. The second-order valence-electron chi connectivity index (χ2n) is 7.63. The number of hydrogen-bond donors (Lipinski definition) is 1. The molecule has 1 atom stereocenters. The third-order valence-corrected chi connectivity index (χ3v) is 4.14. The van der Waals surface area contributed by atoms with Gasteiger partial charge >= 0.3 is 12.1 Å². The first-order valence-corrected chi connectivity index (χ1v) is 8.52. The van der Waals surface area contributed by atoms with Gasteiger partial charge in [-0.25, -0.2) is 9.59 Å². The number of rotatable bonds is 4. The minimum Gasteiger partial charge on any atom is -0.493 e. The molecule has 1 unspecified atom stereocenters. The van der Waals surface area contributed by atoms with Gasteiger partial charge in [0.25, 0.3) is 0 Å². The lowest BCUT2D eigenvalue weighted by atomic mass is 10.0. The molecule has 138 valence electrons. The molecule has 0 saturated carbocycles. The van der Waals surface area contributed by atoms with E-state index in [0.29, 0.717) is 42.1 Å². The Bertz CT molecular complexity index is 639. The first-order valence-electron chi connectivity index (χ1n) is 8.52. The maximum absolute atomic E-state index is 12.1. The summed E-state index contributed by atoms with van der Waals surface area (Å²) in [6.45, 7) is 10.9. The fraction of sp³-hybridized carbons (Fsp3) is 0.579. The van der Waals surface area contributed by atoms with Gasteiger partial charge in [0.15, 0.2) is 0 Å². The van der Waals surface area contributed by atoms with Crippen molar-refractivity contribution in [3.63, 3.8) is 0 Å². The van der Waals surface area contributed by atoms with Gasteiger partial charge in [0.1, 0.15) is 11.4 Å². The van der Waals surface area contributed by atoms with Crippen molar-refractivity contribution < 1.29 is 24.2 Å². The van der Waals surface area contributed by atoms with Gasteiger partial charge < -0.3 is 19.5 Å². The van der Waals surface area contributed by atoms with Crippen LogP contribution < -0.4 is 4.74 Å². The highest BCUT2D eigenvalue weighted by Crippen LogP contribution is 2.24. The minimum atomic E-state index is -0.926. The molecular weight excluding hydrogens is 322 g/mol. The van der Waals surface area contributed by atoms with Crippen LogP contribution in [0.4, 0.5) is 4.79 Å². The average molecular weight is 349 g/mol. The van der Waals surface area contributed by atoms with Crippen LogP contribution in [0.5, 0.6) is 5.75 Å². The molecule has 6 nitrogen and oxygen atoms in total. The molecule has 1 aliphatic heterocycles. The minimum absolute atomic E-state index is 0.243. The Morgan fingerprint density at radius 3 is 2.36 bits per heavy atom. The van der Waals surface area contributed by atoms with Gasteiger partial charge in [0.05, 0.1) is 12.2 Å². The molecule has 6 heteroatoms. The van der Waals surface area contributed by atoms with Crippen molar-refractivity contribution in [3.05, 3.63) is 28.8 Å². The summed E-state index contributed by atoms with van der Waals surface area (Å²) in [4.78, 5) is 25.0. The summed E-state index contributed by atoms with van der Waals surface area (Å²) >= 11 is 0. The monoisotopic (exact) mass is 349 g/mol.